The number of likely N-dealkylation sites (tertiary alicyclic amines) is 1. The van der Waals surface area contributed by atoms with Gasteiger partial charge in [-0.2, -0.15) is 5.10 Å². The fourth-order valence-corrected chi connectivity index (χ4v) is 1.73. The van der Waals surface area contributed by atoms with Crippen LogP contribution in [-0.2, 0) is 0 Å². The summed E-state index contributed by atoms with van der Waals surface area (Å²) >= 11 is 0. The molecule has 1 fully saturated rings. The van der Waals surface area contributed by atoms with Crippen molar-refractivity contribution in [2.75, 3.05) is 25.0 Å². The van der Waals surface area contributed by atoms with Crippen molar-refractivity contribution in [3.63, 3.8) is 0 Å². The van der Waals surface area contributed by atoms with Crippen LogP contribution in [0.1, 0.15) is 19.9 Å². The second kappa shape index (κ2) is 4.75. The molecule has 0 saturated carbocycles. The molecule has 0 atom stereocenters. The zero-order valence-corrected chi connectivity index (χ0v) is 10.1. The standard InChI is InChI=1S/C11H18N4O2/c1-8(2)15-4-3-10(13-15)12-11(17)14-5-9(6-14)7-16/h3-4,8-9,16H,5-7H2,1-2H3,(H,12,13,17). The number of anilines is 1. The number of nitrogens with zero attached hydrogens (tertiary/aromatic N) is 3. The molecule has 6 nitrogen and oxygen atoms in total. The summed E-state index contributed by atoms with van der Waals surface area (Å²) in [5.74, 6) is 0.796. The molecule has 1 aromatic heterocycles. The fourth-order valence-electron chi connectivity index (χ4n) is 1.73. The van der Waals surface area contributed by atoms with Gasteiger partial charge >= 0.3 is 6.03 Å². The lowest BCUT2D eigenvalue weighted by molar-refractivity contribution is 0.0838. The third-order valence-corrected chi connectivity index (χ3v) is 2.88. The lowest BCUT2D eigenvalue weighted by Gasteiger charge is -2.37. The van der Waals surface area contributed by atoms with Crippen LogP contribution in [0.4, 0.5) is 10.6 Å². The first-order chi connectivity index (χ1) is 8.10. The van der Waals surface area contributed by atoms with Gasteiger partial charge in [-0.3, -0.25) is 10.00 Å². The highest BCUT2D eigenvalue weighted by Crippen LogP contribution is 2.16. The summed E-state index contributed by atoms with van der Waals surface area (Å²) in [5, 5.41) is 15.8. The van der Waals surface area contributed by atoms with Gasteiger partial charge in [0.25, 0.3) is 0 Å². The van der Waals surface area contributed by atoms with Gasteiger partial charge in [0.05, 0.1) is 0 Å². The summed E-state index contributed by atoms with van der Waals surface area (Å²) in [7, 11) is 0. The second-order valence-corrected chi connectivity index (χ2v) is 4.66. The summed E-state index contributed by atoms with van der Waals surface area (Å²) in [6.07, 6.45) is 1.84. The normalized spacial score (nSPS) is 16.1. The molecule has 0 bridgehead atoms. The fraction of sp³-hybridized carbons (Fsp3) is 0.636. The van der Waals surface area contributed by atoms with Crippen molar-refractivity contribution in [3.8, 4) is 0 Å². The van der Waals surface area contributed by atoms with E-state index in [1.54, 1.807) is 15.6 Å². The molecule has 0 spiro atoms. The molecule has 6 heteroatoms. The number of aliphatic hydroxyl groups excluding tert-OH is 1. The summed E-state index contributed by atoms with van der Waals surface area (Å²) in [5.41, 5.74) is 0. The Morgan fingerprint density at radius 2 is 2.35 bits per heavy atom. The Kier molecular flexibility index (Phi) is 3.33. The Balaban J connectivity index is 1.86. The maximum absolute atomic E-state index is 11.7. The van der Waals surface area contributed by atoms with Gasteiger partial charge in [-0.25, -0.2) is 4.79 Å². The number of carbonyl (C=O) groups excluding carboxylic acids is 1. The van der Waals surface area contributed by atoms with E-state index in [0.29, 0.717) is 18.9 Å². The molecule has 2 heterocycles. The van der Waals surface area contributed by atoms with Crippen molar-refractivity contribution in [1.82, 2.24) is 14.7 Å². The SMILES string of the molecule is CC(C)n1ccc(NC(=O)N2CC(CO)C2)n1. The number of hydrogen-bond acceptors (Lipinski definition) is 3. The zero-order valence-electron chi connectivity index (χ0n) is 10.1. The van der Waals surface area contributed by atoms with Crippen LogP contribution in [0.25, 0.3) is 0 Å². The lowest BCUT2D eigenvalue weighted by atomic mass is 10.0. The quantitative estimate of drug-likeness (QED) is 0.822. The molecule has 0 unspecified atom stereocenters. The predicted octanol–water partition coefficient (Wildman–Crippen LogP) is 0.920. The van der Waals surface area contributed by atoms with Crippen molar-refractivity contribution < 1.29 is 9.90 Å². The topological polar surface area (TPSA) is 70.4 Å². The van der Waals surface area contributed by atoms with E-state index in [4.69, 9.17) is 5.11 Å². The average Bonchev–Trinajstić information content (AvgIpc) is 2.64. The first kappa shape index (κ1) is 11.9. The number of aromatic nitrogens is 2. The molecule has 1 aliphatic rings. The van der Waals surface area contributed by atoms with Gasteiger partial charge in [0.2, 0.25) is 0 Å². The number of hydrogen-bond donors (Lipinski definition) is 2. The molecule has 0 radical (unpaired) electrons. The lowest BCUT2D eigenvalue weighted by Crippen LogP contribution is -2.52. The van der Waals surface area contributed by atoms with Gasteiger partial charge in [0, 0.05) is 43.9 Å². The molecule has 1 saturated heterocycles. The van der Waals surface area contributed by atoms with E-state index in [-0.39, 0.29) is 24.6 Å². The molecule has 1 aromatic rings. The van der Waals surface area contributed by atoms with Crippen LogP contribution in [0.15, 0.2) is 12.3 Å². The highest BCUT2D eigenvalue weighted by atomic mass is 16.3. The number of aliphatic hydroxyl groups is 1. The molecular weight excluding hydrogens is 220 g/mol. The molecule has 1 aliphatic heterocycles. The summed E-state index contributed by atoms with van der Waals surface area (Å²) < 4.78 is 1.79. The maximum atomic E-state index is 11.7. The minimum absolute atomic E-state index is 0.145. The number of rotatable bonds is 3. The van der Waals surface area contributed by atoms with Crippen LogP contribution in [0.5, 0.6) is 0 Å². The van der Waals surface area contributed by atoms with E-state index < -0.39 is 0 Å². The molecule has 0 aromatic carbocycles. The van der Waals surface area contributed by atoms with E-state index >= 15 is 0 Å². The Morgan fingerprint density at radius 1 is 1.65 bits per heavy atom. The monoisotopic (exact) mass is 238 g/mol. The van der Waals surface area contributed by atoms with Gasteiger partial charge in [-0.05, 0) is 13.8 Å². The Labute approximate surface area is 100 Å². The highest BCUT2D eigenvalue weighted by Gasteiger charge is 2.30. The third kappa shape index (κ3) is 2.58. The molecule has 94 valence electrons. The number of carbonyl (C=O) groups is 1. The molecule has 2 rings (SSSR count). The van der Waals surface area contributed by atoms with Crippen LogP contribution in [0.2, 0.25) is 0 Å². The van der Waals surface area contributed by atoms with E-state index in [9.17, 15) is 4.79 Å². The largest absolute Gasteiger partial charge is 0.396 e. The van der Waals surface area contributed by atoms with Crippen LogP contribution < -0.4 is 5.32 Å². The Bertz CT molecular complexity index is 396. The van der Waals surface area contributed by atoms with Gasteiger partial charge in [-0.1, -0.05) is 0 Å². The first-order valence-corrected chi connectivity index (χ1v) is 5.82. The van der Waals surface area contributed by atoms with Crippen LogP contribution in [0, 0.1) is 5.92 Å². The predicted molar refractivity (Wildman–Crippen MR) is 63.8 cm³/mol. The van der Waals surface area contributed by atoms with E-state index in [1.807, 2.05) is 20.0 Å². The van der Waals surface area contributed by atoms with Gasteiger partial charge in [-0.15, -0.1) is 0 Å². The van der Waals surface area contributed by atoms with Crippen molar-refractivity contribution in [1.29, 1.82) is 0 Å². The van der Waals surface area contributed by atoms with E-state index in [0.717, 1.165) is 0 Å². The zero-order chi connectivity index (χ0) is 12.4. The minimum Gasteiger partial charge on any atom is -0.396 e. The first-order valence-electron chi connectivity index (χ1n) is 5.82. The molecule has 17 heavy (non-hydrogen) atoms. The van der Waals surface area contributed by atoms with Crippen molar-refractivity contribution in [2.24, 2.45) is 5.92 Å². The van der Waals surface area contributed by atoms with Gasteiger partial charge < -0.3 is 10.0 Å². The Morgan fingerprint density at radius 3 is 2.88 bits per heavy atom. The molecule has 2 amide bonds. The van der Waals surface area contributed by atoms with Gasteiger partial charge in [0.1, 0.15) is 0 Å². The smallest absolute Gasteiger partial charge is 0.323 e. The third-order valence-electron chi connectivity index (χ3n) is 2.88. The number of urea groups is 1. The van der Waals surface area contributed by atoms with Gasteiger partial charge in [0.15, 0.2) is 5.82 Å². The molecule has 0 aliphatic carbocycles. The van der Waals surface area contributed by atoms with Crippen LogP contribution >= 0.6 is 0 Å². The molecular formula is C11H18N4O2. The summed E-state index contributed by atoms with van der Waals surface area (Å²) in [4.78, 5) is 13.4. The minimum atomic E-state index is -0.149. The van der Waals surface area contributed by atoms with Crippen LogP contribution in [0.3, 0.4) is 0 Å². The van der Waals surface area contributed by atoms with Crippen molar-refractivity contribution >= 4 is 11.8 Å². The van der Waals surface area contributed by atoms with E-state index in [2.05, 4.69) is 10.4 Å². The van der Waals surface area contributed by atoms with E-state index in [1.165, 1.54) is 0 Å². The number of amides is 2. The average molecular weight is 238 g/mol. The molecule has 2 N–H and O–H groups in total. The summed E-state index contributed by atoms with van der Waals surface area (Å²) in [6, 6.07) is 1.91. The van der Waals surface area contributed by atoms with Crippen LogP contribution in [-0.4, -0.2) is 45.5 Å². The van der Waals surface area contributed by atoms with Crippen molar-refractivity contribution in [2.45, 2.75) is 19.9 Å². The highest BCUT2D eigenvalue weighted by molar-refractivity contribution is 5.88. The maximum Gasteiger partial charge on any atom is 0.323 e. The summed E-state index contributed by atoms with van der Waals surface area (Å²) in [6.45, 7) is 5.44. The second-order valence-electron chi connectivity index (χ2n) is 4.66. The number of nitrogens with one attached hydrogen (secondary N) is 1. The van der Waals surface area contributed by atoms with Crippen molar-refractivity contribution in [3.05, 3.63) is 12.3 Å². The Hall–Kier alpha value is -1.56.